The molecule has 0 aromatic rings. The van der Waals surface area contributed by atoms with Crippen LogP contribution in [-0.4, -0.2) is 35.1 Å². The van der Waals surface area contributed by atoms with Gasteiger partial charge in [0.1, 0.15) is 0 Å². The molecule has 0 amide bonds. The van der Waals surface area contributed by atoms with E-state index < -0.39 is 5.97 Å². The van der Waals surface area contributed by atoms with Crippen LogP contribution in [-0.2, 0) is 4.79 Å². The van der Waals surface area contributed by atoms with Gasteiger partial charge in [0.05, 0.1) is 6.42 Å². The van der Waals surface area contributed by atoms with E-state index in [1.165, 1.54) is 12.8 Å². The molecule has 1 unspecified atom stereocenters. The summed E-state index contributed by atoms with van der Waals surface area (Å²) >= 11 is 0. The Balaban J connectivity index is 2.53. The second-order valence-electron chi connectivity index (χ2n) is 5.78. The van der Waals surface area contributed by atoms with Gasteiger partial charge in [0, 0.05) is 12.6 Å². The Kier molecular flexibility index (Phi) is 4.14. The van der Waals surface area contributed by atoms with Crippen molar-refractivity contribution in [1.29, 1.82) is 0 Å². The molecule has 1 saturated heterocycles. The lowest BCUT2D eigenvalue weighted by Crippen LogP contribution is -2.44. The minimum absolute atomic E-state index is 0.258. The predicted molar refractivity (Wildman–Crippen MR) is 60.9 cm³/mol. The first-order chi connectivity index (χ1) is 6.88. The van der Waals surface area contributed by atoms with Crippen LogP contribution in [0.1, 0.15) is 46.5 Å². The fraction of sp³-hybridized carbons (Fsp3) is 0.917. The van der Waals surface area contributed by atoms with E-state index in [0.29, 0.717) is 6.42 Å². The number of carboxylic acids is 1. The van der Waals surface area contributed by atoms with E-state index in [1.54, 1.807) is 0 Å². The molecule has 3 nitrogen and oxygen atoms in total. The molecule has 1 N–H and O–H groups in total. The van der Waals surface area contributed by atoms with Crippen LogP contribution >= 0.6 is 0 Å². The number of carboxylic acid groups (broad SMARTS) is 1. The molecule has 0 aromatic carbocycles. The lowest BCUT2D eigenvalue weighted by Gasteiger charge is -2.38. The predicted octanol–water partition coefficient (Wildman–Crippen LogP) is 2.36. The van der Waals surface area contributed by atoms with Gasteiger partial charge in [-0.1, -0.05) is 27.2 Å². The second kappa shape index (κ2) is 4.97. The third-order valence-corrected chi connectivity index (χ3v) is 2.84. The van der Waals surface area contributed by atoms with Crippen molar-refractivity contribution in [1.82, 2.24) is 4.90 Å². The Labute approximate surface area is 92.5 Å². The zero-order chi connectivity index (χ0) is 11.5. The van der Waals surface area contributed by atoms with Gasteiger partial charge in [-0.3, -0.25) is 9.69 Å². The molecule has 0 radical (unpaired) electrons. The van der Waals surface area contributed by atoms with E-state index in [1.807, 2.05) is 0 Å². The van der Waals surface area contributed by atoms with Gasteiger partial charge in [-0.05, 0) is 24.8 Å². The smallest absolute Gasteiger partial charge is 0.304 e. The number of rotatable bonds is 3. The fourth-order valence-electron chi connectivity index (χ4n) is 2.31. The van der Waals surface area contributed by atoms with E-state index in [0.717, 1.165) is 19.5 Å². The molecular weight excluding hydrogens is 190 g/mol. The van der Waals surface area contributed by atoms with Crippen molar-refractivity contribution in [2.24, 2.45) is 5.41 Å². The van der Waals surface area contributed by atoms with Crippen molar-refractivity contribution < 1.29 is 9.90 Å². The Bertz CT molecular complexity index is 220. The van der Waals surface area contributed by atoms with Gasteiger partial charge in [-0.2, -0.15) is 0 Å². The van der Waals surface area contributed by atoms with Gasteiger partial charge in [-0.15, -0.1) is 0 Å². The molecule has 1 heterocycles. The highest BCUT2D eigenvalue weighted by Crippen LogP contribution is 2.24. The summed E-state index contributed by atoms with van der Waals surface area (Å²) in [5, 5.41) is 8.86. The normalized spacial score (nSPS) is 24.1. The highest BCUT2D eigenvalue weighted by Gasteiger charge is 2.27. The number of hydrogen-bond donors (Lipinski definition) is 1. The van der Waals surface area contributed by atoms with Crippen molar-refractivity contribution in [3.8, 4) is 0 Å². The van der Waals surface area contributed by atoms with Crippen molar-refractivity contribution in [3.63, 3.8) is 0 Å². The van der Waals surface area contributed by atoms with E-state index in [-0.39, 0.29) is 11.5 Å². The quantitative estimate of drug-likeness (QED) is 0.782. The van der Waals surface area contributed by atoms with Gasteiger partial charge in [0.2, 0.25) is 0 Å². The number of carbonyl (C=O) groups is 1. The average molecular weight is 213 g/mol. The summed E-state index contributed by atoms with van der Waals surface area (Å²) in [5.74, 6) is -0.666. The standard InChI is InChI=1S/C12H23NO2/c1-12(2,3)9-13-7-5-4-6-10(13)8-11(14)15/h10H,4-9H2,1-3H3,(H,14,15). The molecule has 0 aliphatic carbocycles. The molecule has 88 valence electrons. The van der Waals surface area contributed by atoms with Crippen molar-refractivity contribution in [3.05, 3.63) is 0 Å². The largest absolute Gasteiger partial charge is 0.481 e. The number of likely N-dealkylation sites (tertiary alicyclic amines) is 1. The molecule has 1 fully saturated rings. The molecule has 1 aliphatic rings. The van der Waals surface area contributed by atoms with Crippen LogP contribution in [0.15, 0.2) is 0 Å². The molecular formula is C12H23NO2. The summed E-state index contributed by atoms with van der Waals surface area (Å²) in [7, 11) is 0. The summed E-state index contributed by atoms with van der Waals surface area (Å²) < 4.78 is 0. The number of nitrogens with zero attached hydrogens (tertiary/aromatic N) is 1. The Morgan fingerprint density at radius 3 is 2.60 bits per heavy atom. The summed E-state index contributed by atoms with van der Waals surface area (Å²) in [5.41, 5.74) is 0.258. The van der Waals surface area contributed by atoms with Gasteiger partial charge in [-0.25, -0.2) is 0 Å². The molecule has 0 saturated carbocycles. The average Bonchev–Trinajstić information content (AvgIpc) is 2.05. The zero-order valence-corrected chi connectivity index (χ0v) is 10.1. The molecule has 0 aromatic heterocycles. The van der Waals surface area contributed by atoms with Crippen molar-refractivity contribution >= 4 is 5.97 Å². The zero-order valence-electron chi connectivity index (χ0n) is 10.1. The van der Waals surface area contributed by atoms with Crippen molar-refractivity contribution in [2.75, 3.05) is 13.1 Å². The van der Waals surface area contributed by atoms with Crippen LogP contribution in [0.2, 0.25) is 0 Å². The molecule has 1 atom stereocenters. The number of hydrogen-bond acceptors (Lipinski definition) is 2. The molecule has 15 heavy (non-hydrogen) atoms. The van der Waals surface area contributed by atoms with Gasteiger partial charge >= 0.3 is 5.97 Å². The van der Waals surface area contributed by atoms with Gasteiger partial charge in [0.25, 0.3) is 0 Å². The molecule has 1 rings (SSSR count). The third-order valence-electron chi connectivity index (χ3n) is 2.84. The van der Waals surface area contributed by atoms with Crippen LogP contribution in [0.3, 0.4) is 0 Å². The van der Waals surface area contributed by atoms with E-state index in [2.05, 4.69) is 25.7 Å². The Morgan fingerprint density at radius 2 is 2.07 bits per heavy atom. The van der Waals surface area contributed by atoms with E-state index in [9.17, 15) is 4.79 Å². The van der Waals surface area contributed by atoms with Crippen LogP contribution in [0.25, 0.3) is 0 Å². The van der Waals surface area contributed by atoms with Crippen LogP contribution < -0.4 is 0 Å². The topological polar surface area (TPSA) is 40.5 Å². The Morgan fingerprint density at radius 1 is 1.40 bits per heavy atom. The summed E-state index contributed by atoms with van der Waals surface area (Å²) in [6.07, 6.45) is 3.74. The molecule has 3 heteroatoms. The van der Waals surface area contributed by atoms with Gasteiger partial charge < -0.3 is 5.11 Å². The summed E-state index contributed by atoms with van der Waals surface area (Å²) in [6.45, 7) is 8.69. The van der Waals surface area contributed by atoms with Crippen LogP contribution in [0, 0.1) is 5.41 Å². The SMILES string of the molecule is CC(C)(C)CN1CCCCC1CC(=O)O. The maximum absolute atomic E-state index is 10.8. The van der Waals surface area contributed by atoms with E-state index >= 15 is 0 Å². The second-order valence-corrected chi connectivity index (χ2v) is 5.78. The minimum Gasteiger partial charge on any atom is -0.481 e. The maximum Gasteiger partial charge on any atom is 0.304 e. The van der Waals surface area contributed by atoms with Crippen molar-refractivity contribution in [2.45, 2.75) is 52.5 Å². The minimum atomic E-state index is -0.666. The van der Waals surface area contributed by atoms with E-state index in [4.69, 9.17) is 5.11 Å². The number of aliphatic carboxylic acids is 1. The molecule has 0 bridgehead atoms. The first-order valence-corrected chi connectivity index (χ1v) is 5.84. The first-order valence-electron chi connectivity index (χ1n) is 5.84. The summed E-state index contributed by atoms with van der Waals surface area (Å²) in [6, 6.07) is 0.260. The van der Waals surface area contributed by atoms with Crippen LogP contribution in [0.4, 0.5) is 0 Å². The highest BCUT2D eigenvalue weighted by molar-refractivity contribution is 5.67. The number of piperidine rings is 1. The lowest BCUT2D eigenvalue weighted by atomic mass is 9.91. The Hall–Kier alpha value is -0.570. The maximum atomic E-state index is 10.8. The summed E-state index contributed by atoms with van der Waals surface area (Å²) in [4.78, 5) is 13.1. The monoisotopic (exact) mass is 213 g/mol. The fourth-order valence-corrected chi connectivity index (χ4v) is 2.31. The van der Waals surface area contributed by atoms with Gasteiger partial charge in [0.15, 0.2) is 0 Å². The van der Waals surface area contributed by atoms with Crippen LogP contribution in [0.5, 0.6) is 0 Å². The molecule has 0 spiro atoms. The highest BCUT2D eigenvalue weighted by atomic mass is 16.4. The first kappa shape index (κ1) is 12.5. The molecule has 1 aliphatic heterocycles. The third kappa shape index (κ3) is 4.65. The lowest BCUT2D eigenvalue weighted by molar-refractivity contribution is -0.138.